The Morgan fingerprint density at radius 2 is 1.76 bits per heavy atom. The molecule has 2 aromatic carbocycles. The van der Waals surface area contributed by atoms with Gasteiger partial charge in [0.15, 0.2) is 0 Å². The van der Waals surface area contributed by atoms with Crippen LogP contribution in [0.2, 0.25) is 0 Å². The summed E-state index contributed by atoms with van der Waals surface area (Å²) in [7, 11) is -1.00. The lowest BCUT2D eigenvalue weighted by atomic mass is 9.74. The zero-order valence-corrected chi connectivity index (χ0v) is 20.6. The molecule has 34 heavy (non-hydrogen) atoms. The van der Waals surface area contributed by atoms with Crippen molar-refractivity contribution in [3.63, 3.8) is 0 Å². The Hall–Kier alpha value is -2.55. The molecular weight excluding hydrogens is 450 g/mol. The number of hydrogen-bond acceptors (Lipinski definition) is 5. The topological polar surface area (TPSA) is 102 Å². The van der Waals surface area contributed by atoms with Gasteiger partial charge in [0, 0.05) is 29.2 Å². The van der Waals surface area contributed by atoms with E-state index in [0.717, 1.165) is 28.9 Å². The number of carbonyl (C=O) groups is 2. The number of likely N-dealkylation sites (tertiary alicyclic amines) is 1. The molecule has 2 aliphatic heterocycles. The summed E-state index contributed by atoms with van der Waals surface area (Å²) in [4.78, 5) is 28.7. The Morgan fingerprint density at radius 3 is 2.44 bits per heavy atom. The van der Waals surface area contributed by atoms with Crippen LogP contribution in [0.1, 0.15) is 37.8 Å². The lowest BCUT2D eigenvalue weighted by molar-refractivity contribution is -0.140. The molecule has 1 spiro atoms. The molecule has 2 aliphatic rings. The van der Waals surface area contributed by atoms with Crippen molar-refractivity contribution in [2.45, 2.75) is 55.2 Å². The van der Waals surface area contributed by atoms with Gasteiger partial charge in [0.05, 0.1) is 29.6 Å². The predicted octanol–water partition coefficient (Wildman–Crippen LogP) is 2.11. The van der Waals surface area contributed by atoms with Crippen LogP contribution in [-0.2, 0) is 37.1 Å². The van der Waals surface area contributed by atoms with Gasteiger partial charge in [-0.25, -0.2) is 0 Å². The van der Waals surface area contributed by atoms with Gasteiger partial charge in [0.25, 0.3) is 0 Å². The number of carbonyl (C=O) groups excluding carboxylic acids is 2. The van der Waals surface area contributed by atoms with Crippen molar-refractivity contribution in [2.75, 3.05) is 25.4 Å². The van der Waals surface area contributed by atoms with Crippen molar-refractivity contribution in [2.24, 2.45) is 5.73 Å². The molecule has 182 valence electrons. The molecule has 2 aromatic rings. The molecule has 0 bridgehead atoms. The Balaban J connectivity index is 1.42. The second-order valence-electron chi connectivity index (χ2n) is 9.84. The summed E-state index contributed by atoms with van der Waals surface area (Å²) < 4.78 is 18.5. The van der Waals surface area contributed by atoms with E-state index in [1.54, 1.807) is 18.7 Å². The maximum absolute atomic E-state index is 13.4. The van der Waals surface area contributed by atoms with Crippen molar-refractivity contribution < 1.29 is 18.5 Å². The standard InChI is InChI=1S/C26H33N3O4S/c1-25(2,27)24(31)28-21(17-33-16-19-8-4-3-5-9-19)23(30)29-14-12-26(13-15-29)18-34(32)22-11-7-6-10-20(22)26/h3-11,21H,12-18,27H2,1-2H3,(H,28,31)/t21-,34?/m1/s1. The molecule has 1 saturated heterocycles. The minimum absolute atomic E-state index is 0.0596. The number of amides is 2. The van der Waals surface area contributed by atoms with Gasteiger partial charge in [-0.1, -0.05) is 48.5 Å². The van der Waals surface area contributed by atoms with E-state index in [1.165, 1.54) is 0 Å². The van der Waals surface area contributed by atoms with Crippen LogP contribution >= 0.6 is 0 Å². The number of benzene rings is 2. The van der Waals surface area contributed by atoms with E-state index >= 15 is 0 Å². The number of ether oxygens (including phenoxy) is 1. The molecule has 3 N–H and O–H groups in total. The Bertz CT molecular complexity index is 1060. The summed E-state index contributed by atoms with van der Waals surface area (Å²) in [5, 5.41) is 2.80. The number of nitrogens with one attached hydrogen (secondary N) is 1. The molecule has 1 unspecified atom stereocenters. The van der Waals surface area contributed by atoms with E-state index in [-0.39, 0.29) is 17.9 Å². The van der Waals surface area contributed by atoms with E-state index in [4.69, 9.17) is 10.5 Å². The minimum Gasteiger partial charge on any atom is -0.374 e. The largest absolute Gasteiger partial charge is 0.374 e. The smallest absolute Gasteiger partial charge is 0.247 e. The van der Waals surface area contributed by atoms with Gasteiger partial charge in [0.2, 0.25) is 11.8 Å². The van der Waals surface area contributed by atoms with E-state index in [9.17, 15) is 13.8 Å². The number of nitrogens with zero attached hydrogens (tertiary/aromatic N) is 1. The van der Waals surface area contributed by atoms with Crippen molar-refractivity contribution in [3.05, 3.63) is 65.7 Å². The van der Waals surface area contributed by atoms with Gasteiger partial charge in [-0.2, -0.15) is 0 Å². The van der Waals surface area contributed by atoms with Gasteiger partial charge in [-0.05, 0) is 43.9 Å². The molecular formula is C26H33N3O4S. The molecule has 7 nitrogen and oxygen atoms in total. The van der Waals surface area contributed by atoms with E-state index in [1.807, 2.05) is 48.5 Å². The highest BCUT2D eigenvalue weighted by Gasteiger charge is 2.45. The predicted molar refractivity (Wildman–Crippen MR) is 132 cm³/mol. The third-order valence-corrected chi connectivity index (χ3v) is 8.39. The van der Waals surface area contributed by atoms with Gasteiger partial charge in [0.1, 0.15) is 6.04 Å². The van der Waals surface area contributed by atoms with E-state index in [2.05, 4.69) is 11.4 Å². The van der Waals surface area contributed by atoms with E-state index in [0.29, 0.717) is 25.4 Å². The highest BCUT2D eigenvalue weighted by atomic mass is 32.2. The highest BCUT2D eigenvalue weighted by Crippen LogP contribution is 2.44. The fourth-order valence-electron chi connectivity index (χ4n) is 4.69. The fourth-order valence-corrected chi connectivity index (χ4v) is 6.55. The zero-order valence-electron chi connectivity index (χ0n) is 19.8. The summed E-state index contributed by atoms with van der Waals surface area (Å²) in [5.41, 5.74) is 6.84. The minimum atomic E-state index is -1.11. The molecule has 0 saturated carbocycles. The Kier molecular flexibility index (Phi) is 7.21. The summed E-state index contributed by atoms with van der Waals surface area (Å²) in [6.07, 6.45) is 1.49. The molecule has 4 rings (SSSR count). The number of hydrogen-bond donors (Lipinski definition) is 2. The molecule has 0 radical (unpaired) electrons. The van der Waals surface area contributed by atoms with E-state index < -0.39 is 28.3 Å². The first kappa shape index (κ1) is 24.6. The van der Waals surface area contributed by atoms with Crippen LogP contribution in [0.4, 0.5) is 0 Å². The summed E-state index contributed by atoms with van der Waals surface area (Å²) in [6, 6.07) is 16.8. The maximum Gasteiger partial charge on any atom is 0.247 e. The van der Waals surface area contributed by atoms with Gasteiger partial charge < -0.3 is 20.7 Å². The first-order chi connectivity index (χ1) is 16.2. The van der Waals surface area contributed by atoms with Crippen LogP contribution in [0, 0.1) is 0 Å². The van der Waals surface area contributed by atoms with Crippen molar-refractivity contribution in [3.8, 4) is 0 Å². The Labute approximate surface area is 203 Å². The monoisotopic (exact) mass is 483 g/mol. The number of fused-ring (bicyclic) bond motifs is 2. The van der Waals surface area contributed by atoms with Crippen molar-refractivity contribution in [1.29, 1.82) is 0 Å². The van der Waals surface area contributed by atoms with Crippen LogP contribution in [0.5, 0.6) is 0 Å². The van der Waals surface area contributed by atoms with Gasteiger partial charge in [-0.3, -0.25) is 13.8 Å². The maximum atomic E-state index is 13.4. The number of nitrogens with two attached hydrogens (primary N) is 1. The molecule has 0 aromatic heterocycles. The second kappa shape index (κ2) is 9.98. The summed E-state index contributed by atoms with van der Waals surface area (Å²) in [6.45, 7) is 4.71. The zero-order chi connectivity index (χ0) is 24.3. The van der Waals surface area contributed by atoms with Crippen molar-refractivity contribution in [1.82, 2.24) is 10.2 Å². The normalized spacial score (nSPS) is 20.1. The SMILES string of the molecule is CC(C)(N)C(=O)N[C@H](COCc1ccccc1)C(=O)N1CCC2(CC1)CS(=O)c1ccccc12. The first-order valence-electron chi connectivity index (χ1n) is 11.7. The quantitative estimate of drug-likeness (QED) is 0.628. The molecule has 2 heterocycles. The molecule has 2 atom stereocenters. The first-order valence-corrected chi connectivity index (χ1v) is 13.0. The van der Waals surface area contributed by atoms with Crippen LogP contribution in [0.3, 0.4) is 0 Å². The van der Waals surface area contributed by atoms with Crippen LogP contribution in [-0.4, -0.2) is 58.0 Å². The van der Waals surface area contributed by atoms with Gasteiger partial charge >= 0.3 is 0 Å². The molecule has 0 aliphatic carbocycles. The van der Waals surface area contributed by atoms with Crippen LogP contribution in [0.25, 0.3) is 0 Å². The Morgan fingerprint density at radius 1 is 1.12 bits per heavy atom. The van der Waals surface area contributed by atoms with Gasteiger partial charge in [-0.15, -0.1) is 0 Å². The fraction of sp³-hybridized carbons (Fsp3) is 0.462. The number of piperidine rings is 1. The van der Waals surface area contributed by atoms with Crippen LogP contribution < -0.4 is 11.1 Å². The molecule has 1 fully saturated rings. The lowest BCUT2D eigenvalue weighted by Gasteiger charge is -2.40. The lowest BCUT2D eigenvalue weighted by Crippen LogP contribution is -2.59. The van der Waals surface area contributed by atoms with Crippen LogP contribution in [0.15, 0.2) is 59.5 Å². The highest BCUT2D eigenvalue weighted by molar-refractivity contribution is 7.85. The third-order valence-electron chi connectivity index (χ3n) is 6.73. The average molecular weight is 484 g/mol. The molecule has 2 amide bonds. The summed E-state index contributed by atoms with van der Waals surface area (Å²) in [5.74, 6) is 0.0338. The average Bonchev–Trinajstić information content (AvgIpc) is 3.10. The third kappa shape index (κ3) is 5.24. The second-order valence-corrected chi connectivity index (χ2v) is 11.3. The summed E-state index contributed by atoms with van der Waals surface area (Å²) >= 11 is 0. The molecule has 8 heteroatoms. The number of rotatable bonds is 7. The van der Waals surface area contributed by atoms with Crippen molar-refractivity contribution >= 4 is 22.6 Å².